The van der Waals surface area contributed by atoms with E-state index in [4.69, 9.17) is 14.2 Å². The molecule has 2 unspecified atom stereocenters. The largest absolute Gasteiger partial charge is 0.508 e. The Labute approximate surface area is 429 Å². The van der Waals surface area contributed by atoms with Gasteiger partial charge in [-0.2, -0.15) is 0 Å². The van der Waals surface area contributed by atoms with Gasteiger partial charge in [-0.1, -0.05) is 84.9 Å². The molecule has 0 saturated heterocycles. The van der Waals surface area contributed by atoms with Gasteiger partial charge in [0.1, 0.15) is 49.0 Å². The number of carboxylic acids is 1. The number of aryl methyl sites for hydroxylation is 4. The van der Waals surface area contributed by atoms with E-state index < -0.39 is 48.7 Å². The Kier molecular flexibility index (Phi) is 18.3. The fourth-order valence-electron chi connectivity index (χ4n) is 9.17. The first-order valence-corrected chi connectivity index (χ1v) is 24.4. The molecule has 0 saturated carbocycles. The monoisotopic (exact) mass is 1000 g/mol. The number of hydrogen-bond acceptors (Lipinski definition) is 11. The molecule has 74 heavy (non-hydrogen) atoms. The van der Waals surface area contributed by atoms with Gasteiger partial charge >= 0.3 is 11.9 Å². The molecule has 4 atom stereocenters. The lowest BCUT2D eigenvalue weighted by Crippen LogP contribution is -2.44. The smallest absolute Gasteiger partial charge is 0.332 e. The fourth-order valence-corrected chi connectivity index (χ4v) is 9.17. The van der Waals surface area contributed by atoms with Crippen molar-refractivity contribution in [3.8, 4) is 11.5 Å². The normalized spacial score (nSPS) is 15.0. The number of aliphatic carboxylic acids is 1. The van der Waals surface area contributed by atoms with Gasteiger partial charge in [-0.05, 0) is 137 Å². The van der Waals surface area contributed by atoms with Crippen LogP contribution in [0.3, 0.4) is 0 Å². The van der Waals surface area contributed by atoms with E-state index in [1.807, 2.05) is 72.8 Å². The summed E-state index contributed by atoms with van der Waals surface area (Å²) in [7, 11) is 0. The van der Waals surface area contributed by atoms with Gasteiger partial charge in [0.2, 0.25) is 23.6 Å². The maximum Gasteiger partial charge on any atom is 0.332 e. The number of amides is 4. The Balaban J connectivity index is 0.000000217. The molecule has 0 aromatic heterocycles. The maximum absolute atomic E-state index is 13.3. The molecule has 8 rings (SSSR count). The van der Waals surface area contributed by atoms with Crippen molar-refractivity contribution in [3.05, 3.63) is 189 Å². The highest BCUT2D eigenvalue weighted by molar-refractivity contribution is 5.98. The number of ether oxygens (including phenoxy) is 3. The average Bonchev–Trinajstić information content (AvgIpc) is 3.63. The molecule has 7 N–H and O–H groups in total. The first-order valence-electron chi connectivity index (χ1n) is 24.4. The van der Waals surface area contributed by atoms with Gasteiger partial charge in [-0.25, -0.2) is 9.59 Å². The van der Waals surface area contributed by atoms with Crippen molar-refractivity contribution < 1.29 is 58.3 Å². The quantitative estimate of drug-likeness (QED) is 0.0449. The zero-order valence-electron chi connectivity index (χ0n) is 41.4. The van der Waals surface area contributed by atoms with Crippen LogP contribution in [0.1, 0.15) is 88.6 Å². The van der Waals surface area contributed by atoms with Crippen LogP contribution >= 0.6 is 0 Å². The molecule has 384 valence electrons. The van der Waals surface area contributed by atoms with Crippen LogP contribution in [0.25, 0.3) is 0 Å². The van der Waals surface area contributed by atoms with Crippen molar-refractivity contribution in [3.63, 3.8) is 0 Å². The minimum Gasteiger partial charge on any atom is -0.508 e. The lowest BCUT2D eigenvalue weighted by molar-refractivity contribution is -0.150. The van der Waals surface area contributed by atoms with Gasteiger partial charge < -0.3 is 50.8 Å². The number of phenolic OH excluding ortho intramolecular Hbond substituents is 2. The number of aromatic hydroxyl groups is 2. The predicted octanol–water partition coefficient (Wildman–Crippen LogP) is 7.21. The van der Waals surface area contributed by atoms with Crippen LogP contribution in [0.15, 0.2) is 133 Å². The topological polar surface area (TPSA) is 239 Å². The lowest BCUT2D eigenvalue weighted by atomic mass is 9.96. The van der Waals surface area contributed by atoms with Crippen molar-refractivity contribution >= 4 is 46.9 Å². The van der Waals surface area contributed by atoms with Gasteiger partial charge in [-0.3, -0.25) is 19.2 Å². The summed E-state index contributed by atoms with van der Waals surface area (Å²) in [6.45, 7) is 4.09. The second-order valence-corrected chi connectivity index (χ2v) is 18.0. The Bertz CT molecular complexity index is 2980. The molecule has 16 nitrogen and oxygen atoms in total. The molecular weight excluding hydrogens is 945 g/mol. The molecule has 0 fully saturated rings. The van der Waals surface area contributed by atoms with Crippen molar-refractivity contribution in [1.82, 2.24) is 10.6 Å². The highest BCUT2D eigenvalue weighted by atomic mass is 16.6. The van der Waals surface area contributed by atoms with Crippen LogP contribution in [-0.2, 0) is 81.5 Å². The molecule has 0 aliphatic heterocycles. The number of rotatable bonds is 17. The average molecular weight is 1010 g/mol. The van der Waals surface area contributed by atoms with E-state index in [0.29, 0.717) is 11.4 Å². The highest BCUT2D eigenvalue weighted by Gasteiger charge is 2.29. The minimum absolute atomic E-state index is 0.116. The summed E-state index contributed by atoms with van der Waals surface area (Å²) >= 11 is 0. The molecule has 0 heterocycles. The molecule has 0 radical (unpaired) electrons. The van der Waals surface area contributed by atoms with Crippen LogP contribution in [0.4, 0.5) is 11.4 Å². The van der Waals surface area contributed by atoms with Gasteiger partial charge in [0, 0.05) is 38.1 Å². The van der Waals surface area contributed by atoms with Crippen molar-refractivity contribution in [2.45, 2.75) is 83.6 Å². The number of fused-ring (bicyclic) bond motifs is 4. The number of esters is 1. The van der Waals surface area contributed by atoms with E-state index in [2.05, 4.69) is 27.3 Å². The molecule has 6 aromatic carbocycles. The maximum atomic E-state index is 13.3. The Morgan fingerprint density at radius 1 is 0.527 bits per heavy atom. The molecule has 16 heteroatoms. The van der Waals surface area contributed by atoms with E-state index >= 15 is 0 Å². The Morgan fingerprint density at radius 2 is 0.919 bits per heavy atom. The van der Waals surface area contributed by atoms with E-state index in [9.17, 15) is 44.1 Å². The van der Waals surface area contributed by atoms with E-state index in [0.717, 1.165) is 81.3 Å². The summed E-state index contributed by atoms with van der Waals surface area (Å²) in [5.41, 5.74) is 10.5. The zero-order valence-corrected chi connectivity index (χ0v) is 41.4. The summed E-state index contributed by atoms with van der Waals surface area (Å²) in [4.78, 5) is 73.4. The van der Waals surface area contributed by atoms with Crippen LogP contribution < -0.4 is 21.3 Å². The van der Waals surface area contributed by atoms with Gasteiger partial charge in [0.15, 0.2) is 0 Å². The first kappa shape index (κ1) is 53.5. The number of phenols is 2. The summed E-state index contributed by atoms with van der Waals surface area (Å²) in [5.74, 6) is -2.68. The SMILES string of the molecule is CC(=O)N[C@@H](Cc1ccc(O)cc1)C(=O)Nc1ccc2c(c1)C(OCC(=O)O)c1ccccc1CC2.CCOC(=O)COC1c2ccccc2CCc2ccc(NC(=O)[C@H](Cc3ccc(O)cc3)NC(C)=O)cc21. The van der Waals surface area contributed by atoms with Gasteiger partial charge in [0.05, 0.1) is 6.61 Å². The van der Waals surface area contributed by atoms with Crippen molar-refractivity contribution in [2.75, 3.05) is 30.5 Å². The predicted molar refractivity (Wildman–Crippen MR) is 277 cm³/mol. The molecule has 0 bridgehead atoms. The molecule has 2 aliphatic rings. The number of anilines is 2. The summed E-state index contributed by atoms with van der Waals surface area (Å²) in [6, 6.07) is 38.3. The molecule has 2 aliphatic carbocycles. The fraction of sp³-hybridized carbons (Fsp3) is 0.276. The number of carboxylic acid groups (broad SMARTS) is 1. The number of hydrogen-bond donors (Lipinski definition) is 7. The van der Waals surface area contributed by atoms with E-state index in [-0.39, 0.29) is 55.3 Å². The van der Waals surface area contributed by atoms with Crippen LogP contribution in [0, 0.1) is 0 Å². The minimum atomic E-state index is -1.06. The standard InChI is InChI=1S/C30H32N2O6.C28H28N2O6/c1-3-37-28(35)18-38-29-25-7-5-4-6-21(25)10-11-22-12-13-23(17-26(22)29)32-30(36)27(31-19(2)33)16-20-8-14-24(34)15-9-20;1-17(31)29-25(14-18-6-12-22(32)13-7-18)28(35)30-21-11-10-20-9-8-19-4-2-3-5-23(19)27(24(20)15-21)36-16-26(33)34/h4-9,12-15,17,27,29,34H,3,10-11,16,18H2,1-2H3,(H,31,33)(H,32,36);2-7,10-13,15,25,27,32H,8-9,14,16H2,1H3,(H,29,31)(H,30,35)(H,33,34)/t27-,29?;25-,27?/m00/s1. The number of carbonyl (C=O) groups is 6. The van der Waals surface area contributed by atoms with Crippen LogP contribution in [0.5, 0.6) is 11.5 Å². The highest BCUT2D eigenvalue weighted by Crippen LogP contribution is 2.38. The lowest BCUT2D eigenvalue weighted by Gasteiger charge is -2.22. The Morgan fingerprint density at radius 3 is 1.31 bits per heavy atom. The number of nitrogens with one attached hydrogen (secondary N) is 4. The second kappa shape index (κ2) is 25.4. The number of carbonyl (C=O) groups excluding carboxylic acids is 5. The van der Waals surface area contributed by atoms with Gasteiger partial charge in [-0.15, -0.1) is 0 Å². The first-order chi connectivity index (χ1) is 35.6. The third-order valence-electron chi connectivity index (χ3n) is 12.6. The summed E-state index contributed by atoms with van der Waals surface area (Å²) in [5, 5.41) is 39.5. The Hall–Kier alpha value is -8.34. The molecule has 0 spiro atoms. The van der Waals surface area contributed by atoms with Crippen molar-refractivity contribution in [1.29, 1.82) is 0 Å². The molecule has 6 aromatic rings. The van der Waals surface area contributed by atoms with E-state index in [1.165, 1.54) is 26.0 Å². The number of benzene rings is 6. The van der Waals surface area contributed by atoms with E-state index in [1.54, 1.807) is 49.4 Å². The second-order valence-electron chi connectivity index (χ2n) is 18.0. The zero-order chi connectivity index (χ0) is 52.7. The van der Waals surface area contributed by atoms with Crippen LogP contribution in [0.2, 0.25) is 0 Å². The van der Waals surface area contributed by atoms with Gasteiger partial charge in [0.25, 0.3) is 0 Å². The summed E-state index contributed by atoms with van der Waals surface area (Å²) in [6.07, 6.45) is 2.56. The third-order valence-corrected chi connectivity index (χ3v) is 12.6. The summed E-state index contributed by atoms with van der Waals surface area (Å²) < 4.78 is 17.0. The van der Waals surface area contributed by atoms with Crippen molar-refractivity contribution in [2.24, 2.45) is 0 Å². The third kappa shape index (κ3) is 14.6. The van der Waals surface area contributed by atoms with Crippen LogP contribution in [-0.4, -0.2) is 82.8 Å². The molecular formula is C58H60N4O12. The molecule has 4 amide bonds.